The number of carbonyl (C=O) groups excluding carboxylic acids is 1. The Morgan fingerprint density at radius 3 is 3.10 bits per heavy atom. The summed E-state index contributed by atoms with van der Waals surface area (Å²) in [6.45, 7) is 0. The lowest BCUT2D eigenvalue weighted by Crippen LogP contribution is -2.17. The number of hydrogen-bond donors (Lipinski definition) is 1. The summed E-state index contributed by atoms with van der Waals surface area (Å²) in [5, 5.41) is 12.1. The van der Waals surface area contributed by atoms with Gasteiger partial charge < -0.3 is 5.32 Å². The quantitative estimate of drug-likeness (QED) is 0.906. The van der Waals surface area contributed by atoms with Gasteiger partial charge in [0.05, 0.1) is 23.9 Å². The molecule has 0 bridgehead atoms. The second-order valence-corrected chi connectivity index (χ2v) is 4.93. The molecule has 1 heterocycles. The number of carbonyl (C=O) groups is 1. The van der Waals surface area contributed by atoms with Gasteiger partial charge in [0, 0.05) is 10.9 Å². The van der Waals surface area contributed by atoms with E-state index in [-0.39, 0.29) is 18.4 Å². The fourth-order valence-corrected chi connectivity index (χ4v) is 2.65. The minimum Gasteiger partial charge on any atom is -0.304 e. The van der Waals surface area contributed by atoms with Gasteiger partial charge in [0.2, 0.25) is 0 Å². The second kappa shape index (κ2) is 4.95. The lowest BCUT2D eigenvalue weighted by Gasteiger charge is -2.17. The number of urea groups is 1. The number of rotatable bonds is 2. The molecular formula is C15H10ClN3O. The average Bonchev–Trinajstić information content (AvgIpc) is 2.80. The van der Waals surface area contributed by atoms with Gasteiger partial charge in [-0.15, -0.1) is 0 Å². The highest BCUT2D eigenvalue weighted by Crippen LogP contribution is 2.32. The fourth-order valence-electron chi connectivity index (χ4n) is 2.33. The first-order chi connectivity index (χ1) is 9.69. The van der Waals surface area contributed by atoms with Crippen LogP contribution in [0.25, 0.3) is 0 Å². The van der Waals surface area contributed by atoms with Crippen LogP contribution >= 0.6 is 11.6 Å². The number of fused-ring (bicyclic) bond motifs is 1. The van der Waals surface area contributed by atoms with Crippen LogP contribution < -0.4 is 5.32 Å². The van der Waals surface area contributed by atoms with Crippen LogP contribution in [-0.4, -0.2) is 11.7 Å². The molecule has 5 heteroatoms. The monoisotopic (exact) mass is 283 g/mol. The molecule has 2 aliphatic rings. The molecule has 1 N–H and O–H groups in total. The van der Waals surface area contributed by atoms with E-state index in [1.807, 2.05) is 36.4 Å². The highest BCUT2D eigenvalue weighted by Gasteiger charge is 2.23. The van der Waals surface area contributed by atoms with Crippen molar-refractivity contribution in [1.82, 2.24) is 5.32 Å². The van der Waals surface area contributed by atoms with Crippen molar-refractivity contribution in [2.75, 3.05) is 0 Å². The molecule has 98 valence electrons. The van der Waals surface area contributed by atoms with E-state index in [9.17, 15) is 4.79 Å². The van der Waals surface area contributed by atoms with Crippen LogP contribution in [0, 0.1) is 11.3 Å². The van der Waals surface area contributed by atoms with Crippen molar-refractivity contribution in [1.29, 1.82) is 5.26 Å². The van der Waals surface area contributed by atoms with Crippen LogP contribution in [0.1, 0.15) is 17.0 Å². The van der Waals surface area contributed by atoms with Gasteiger partial charge in [-0.3, -0.25) is 0 Å². The highest BCUT2D eigenvalue weighted by molar-refractivity contribution is 6.32. The Balaban J connectivity index is 1.98. The number of hydrogen-bond acceptors (Lipinski definition) is 2. The molecule has 1 aromatic carbocycles. The molecule has 0 saturated carbocycles. The van der Waals surface area contributed by atoms with Gasteiger partial charge in [0.1, 0.15) is 0 Å². The lowest BCUT2D eigenvalue weighted by molar-refractivity contribution is 0.253. The SMILES string of the molecule is N#CCc1cccc(C2C=CC3=NC(=O)NC3=C2)c1Cl. The zero-order chi connectivity index (χ0) is 14.1. The van der Waals surface area contributed by atoms with E-state index in [1.165, 1.54) is 0 Å². The minimum absolute atomic E-state index is 0.0338. The Labute approximate surface area is 121 Å². The number of amides is 2. The van der Waals surface area contributed by atoms with E-state index in [2.05, 4.69) is 16.4 Å². The molecule has 0 saturated heterocycles. The maximum atomic E-state index is 11.2. The van der Waals surface area contributed by atoms with E-state index in [0.29, 0.717) is 16.4 Å². The summed E-state index contributed by atoms with van der Waals surface area (Å²) in [7, 11) is 0. The lowest BCUT2D eigenvalue weighted by atomic mass is 9.91. The molecule has 1 atom stereocenters. The van der Waals surface area contributed by atoms with E-state index < -0.39 is 0 Å². The Morgan fingerprint density at radius 1 is 1.45 bits per heavy atom. The van der Waals surface area contributed by atoms with Crippen LogP contribution in [0.3, 0.4) is 0 Å². The number of nitriles is 1. The molecule has 3 rings (SSSR count). The Hall–Kier alpha value is -2.38. The molecule has 20 heavy (non-hydrogen) atoms. The van der Waals surface area contributed by atoms with Gasteiger partial charge in [-0.2, -0.15) is 10.3 Å². The number of aliphatic imine (C=N–C) groups is 1. The largest absolute Gasteiger partial charge is 0.346 e. The van der Waals surface area contributed by atoms with Crippen molar-refractivity contribution in [3.63, 3.8) is 0 Å². The average molecular weight is 284 g/mol. The summed E-state index contributed by atoms with van der Waals surface area (Å²) in [6.07, 6.45) is 5.95. The molecule has 0 spiro atoms. The zero-order valence-corrected chi connectivity index (χ0v) is 11.2. The number of halogens is 1. The first-order valence-corrected chi connectivity index (χ1v) is 6.51. The molecule has 2 amide bonds. The molecule has 1 aliphatic carbocycles. The van der Waals surface area contributed by atoms with Gasteiger partial charge in [0.25, 0.3) is 0 Å². The first-order valence-electron chi connectivity index (χ1n) is 6.13. The molecule has 0 aromatic heterocycles. The van der Waals surface area contributed by atoms with Crippen molar-refractivity contribution in [3.05, 3.63) is 58.3 Å². The van der Waals surface area contributed by atoms with Gasteiger partial charge in [-0.1, -0.05) is 35.9 Å². The predicted octanol–water partition coefficient (Wildman–Crippen LogP) is 3.11. The van der Waals surface area contributed by atoms with Gasteiger partial charge in [-0.25, -0.2) is 4.79 Å². The van der Waals surface area contributed by atoms with E-state index in [4.69, 9.17) is 16.9 Å². The molecule has 1 unspecified atom stereocenters. The smallest absolute Gasteiger partial charge is 0.304 e. The Bertz CT molecular complexity index is 725. The van der Waals surface area contributed by atoms with E-state index >= 15 is 0 Å². The Kier molecular flexibility index (Phi) is 3.13. The molecular weight excluding hydrogens is 274 g/mol. The topological polar surface area (TPSA) is 65.2 Å². The number of allylic oxidation sites excluding steroid dienone is 3. The van der Waals surface area contributed by atoms with Crippen molar-refractivity contribution in [2.24, 2.45) is 4.99 Å². The first kappa shape index (κ1) is 12.6. The molecule has 0 radical (unpaired) electrons. The maximum Gasteiger partial charge on any atom is 0.346 e. The van der Waals surface area contributed by atoms with Gasteiger partial charge >= 0.3 is 6.03 Å². The van der Waals surface area contributed by atoms with Crippen molar-refractivity contribution >= 4 is 23.3 Å². The Morgan fingerprint density at radius 2 is 2.30 bits per heavy atom. The van der Waals surface area contributed by atoms with E-state index in [0.717, 1.165) is 11.1 Å². The van der Waals surface area contributed by atoms with Crippen molar-refractivity contribution in [2.45, 2.75) is 12.3 Å². The fraction of sp³-hybridized carbons (Fsp3) is 0.133. The van der Waals surface area contributed by atoms with Crippen LogP contribution in [0.5, 0.6) is 0 Å². The van der Waals surface area contributed by atoms with Crippen LogP contribution in [-0.2, 0) is 6.42 Å². The summed E-state index contributed by atoms with van der Waals surface area (Å²) < 4.78 is 0. The highest BCUT2D eigenvalue weighted by atomic mass is 35.5. The number of nitrogens with zero attached hydrogens (tertiary/aromatic N) is 2. The minimum atomic E-state index is -0.346. The normalized spacial score (nSPS) is 19.8. The van der Waals surface area contributed by atoms with Crippen LogP contribution in [0.2, 0.25) is 5.02 Å². The van der Waals surface area contributed by atoms with Gasteiger partial charge in [0.15, 0.2) is 0 Å². The van der Waals surface area contributed by atoms with Crippen molar-refractivity contribution < 1.29 is 4.79 Å². The summed E-state index contributed by atoms with van der Waals surface area (Å²) in [6, 6.07) is 7.41. The second-order valence-electron chi connectivity index (χ2n) is 4.55. The summed E-state index contributed by atoms with van der Waals surface area (Å²) in [4.78, 5) is 15.1. The van der Waals surface area contributed by atoms with Crippen LogP contribution in [0.4, 0.5) is 4.79 Å². The molecule has 1 aliphatic heterocycles. The number of benzene rings is 1. The zero-order valence-electron chi connectivity index (χ0n) is 10.4. The summed E-state index contributed by atoms with van der Waals surface area (Å²) in [5.41, 5.74) is 3.09. The third-order valence-corrected chi connectivity index (χ3v) is 3.75. The summed E-state index contributed by atoms with van der Waals surface area (Å²) in [5.74, 6) is -0.0338. The predicted molar refractivity (Wildman–Crippen MR) is 76.7 cm³/mol. The third kappa shape index (κ3) is 2.13. The molecule has 1 aromatic rings. The molecule has 0 fully saturated rings. The maximum absolute atomic E-state index is 11.2. The molecule has 4 nitrogen and oxygen atoms in total. The summed E-state index contributed by atoms with van der Waals surface area (Å²) >= 11 is 6.36. The van der Waals surface area contributed by atoms with E-state index in [1.54, 1.807) is 0 Å². The third-order valence-electron chi connectivity index (χ3n) is 3.28. The van der Waals surface area contributed by atoms with Crippen molar-refractivity contribution in [3.8, 4) is 6.07 Å². The van der Waals surface area contributed by atoms with Crippen LogP contribution in [0.15, 0.2) is 47.1 Å². The standard InChI is InChI=1S/C15H10ClN3O/c16-14-9(6-7-17)2-1-3-11(14)10-4-5-12-13(8-10)19-15(20)18-12/h1-5,8,10H,6H2,(H,19,20). The number of nitrogens with one attached hydrogen (secondary N) is 1. The van der Waals surface area contributed by atoms with Gasteiger partial charge in [-0.05, 0) is 23.3 Å².